The van der Waals surface area contributed by atoms with Crippen LogP contribution in [-0.2, 0) is 32.0 Å². The summed E-state index contributed by atoms with van der Waals surface area (Å²) in [5.41, 5.74) is 3.76. The number of benzene rings is 3. The van der Waals surface area contributed by atoms with Crippen LogP contribution >= 0.6 is 0 Å². The molecule has 4 rings (SSSR count). The van der Waals surface area contributed by atoms with Crippen molar-refractivity contribution in [1.29, 1.82) is 0 Å². The molecule has 6 heteroatoms. The molecule has 0 radical (unpaired) electrons. The highest BCUT2D eigenvalue weighted by molar-refractivity contribution is 6.03. The number of esters is 1. The number of amides is 2. The van der Waals surface area contributed by atoms with E-state index in [2.05, 4.69) is 19.2 Å². The molecule has 1 aliphatic heterocycles. The Bertz CT molecular complexity index is 1180. The molecule has 1 saturated heterocycles. The Balaban J connectivity index is 1.39. The molecule has 0 unspecified atom stereocenters. The van der Waals surface area contributed by atoms with E-state index >= 15 is 0 Å². The molecule has 1 atom stereocenters. The van der Waals surface area contributed by atoms with Gasteiger partial charge in [0.25, 0.3) is 5.91 Å². The average Bonchev–Trinajstić information content (AvgIpc) is 3.23. The molecule has 0 aromatic heterocycles. The summed E-state index contributed by atoms with van der Waals surface area (Å²) in [6.45, 7) is 3.99. The first-order valence-electron chi connectivity index (χ1n) is 11.4. The van der Waals surface area contributed by atoms with Crippen LogP contribution in [0.5, 0.6) is 0 Å². The quantitative estimate of drug-likeness (QED) is 0.545. The molecule has 0 saturated carbocycles. The SMILES string of the molecule is CCc1cccc(CC)c1N1C[C@@H](C(=O)OCC(=O)Nc2cccc3ccccc23)CC1=O. The zero-order valence-corrected chi connectivity index (χ0v) is 19.0. The number of carbonyl (C=O) groups is 3. The standard InChI is InChI=1S/C27H28N2O4/c1-3-18-10-7-11-19(4-2)26(18)29-16-21(15-25(29)31)27(32)33-17-24(30)28-23-14-8-12-20-9-5-6-13-22(20)23/h5-14,21H,3-4,15-17H2,1-2H3,(H,28,30)/t21-/m0/s1. The Morgan fingerprint density at radius 1 is 0.970 bits per heavy atom. The van der Waals surface area contributed by atoms with Gasteiger partial charge in [-0.05, 0) is 35.4 Å². The summed E-state index contributed by atoms with van der Waals surface area (Å²) < 4.78 is 5.29. The monoisotopic (exact) mass is 444 g/mol. The zero-order valence-electron chi connectivity index (χ0n) is 19.0. The topological polar surface area (TPSA) is 75.7 Å². The van der Waals surface area contributed by atoms with Crippen LogP contribution in [-0.4, -0.2) is 30.9 Å². The molecule has 170 valence electrons. The van der Waals surface area contributed by atoms with Crippen molar-refractivity contribution in [3.05, 3.63) is 71.8 Å². The van der Waals surface area contributed by atoms with Crippen LogP contribution in [0.4, 0.5) is 11.4 Å². The normalized spacial score (nSPS) is 15.6. The Hall–Kier alpha value is -3.67. The number of hydrogen-bond donors (Lipinski definition) is 1. The van der Waals surface area contributed by atoms with E-state index < -0.39 is 24.4 Å². The predicted molar refractivity (Wildman–Crippen MR) is 129 cm³/mol. The third-order valence-corrected chi connectivity index (χ3v) is 6.10. The van der Waals surface area contributed by atoms with E-state index in [1.165, 1.54) is 0 Å². The number of hydrogen-bond acceptors (Lipinski definition) is 4. The van der Waals surface area contributed by atoms with Crippen molar-refractivity contribution in [1.82, 2.24) is 0 Å². The minimum atomic E-state index is -0.586. The number of aryl methyl sites for hydroxylation is 2. The first-order chi connectivity index (χ1) is 16.0. The minimum Gasteiger partial charge on any atom is -0.455 e. The first-order valence-corrected chi connectivity index (χ1v) is 11.4. The van der Waals surface area contributed by atoms with E-state index in [0.717, 1.165) is 40.4 Å². The van der Waals surface area contributed by atoms with Crippen molar-refractivity contribution < 1.29 is 19.1 Å². The van der Waals surface area contributed by atoms with Gasteiger partial charge in [-0.25, -0.2) is 0 Å². The summed E-state index contributed by atoms with van der Waals surface area (Å²) in [6.07, 6.45) is 1.69. The molecule has 0 bridgehead atoms. The highest BCUT2D eigenvalue weighted by Crippen LogP contribution is 2.32. The lowest BCUT2D eigenvalue weighted by molar-refractivity contribution is -0.151. The summed E-state index contributed by atoms with van der Waals surface area (Å²) in [5, 5.41) is 4.74. The number of nitrogens with zero attached hydrogens (tertiary/aromatic N) is 1. The number of carbonyl (C=O) groups excluding carboxylic acids is 3. The summed E-state index contributed by atoms with van der Waals surface area (Å²) in [5.74, 6) is -1.61. The lowest BCUT2D eigenvalue weighted by Crippen LogP contribution is -2.29. The predicted octanol–water partition coefficient (Wildman–Crippen LogP) is 4.50. The van der Waals surface area contributed by atoms with E-state index in [0.29, 0.717) is 5.69 Å². The molecule has 3 aromatic rings. The van der Waals surface area contributed by atoms with Crippen LogP contribution in [0.3, 0.4) is 0 Å². The molecule has 1 heterocycles. The van der Waals surface area contributed by atoms with Crippen LogP contribution in [0.25, 0.3) is 10.8 Å². The fourth-order valence-corrected chi connectivity index (χ4v) is 4.42. The van der Waals surface area contributed by atoms with Crippen LogP contribution in [0.15, 0.2) is 60.7 Å². The summed E-state index contributed by atoms with van der Waals surface area (Å²) >= 11 is 0. The van der Waals surface area contributed by atoms with Gasteiger partial charge in [0.05, 0.1) is 5.92 Å². The van der Waals surface area contributed by atoms with Crippen LogP contribution in [0.1, 0.15) is 31.4 Å². The van der Waals surface area contributed by atoms with Crippen molar-refractivity contribution in [2.45, 2.75) is 33.1 Å². The van der Waals surface area contributed by atoms with Gasteiger partial charge in [0.2, 0.25) is 5.91 Å². The molecule has 1 fully saturated rings. The van der Waals surface area contributed by atoms with Gasteiger partial charge in [-0.2, -0.15) is 0 Å². The molecule has 0 spiro atoms. The second-order valence-corrected chi connectivity index (χ2v) is 8.22. The van der Waals surface area contributed by atoms with E-state index in [-0.39, 0.29) is 18.9 Å². The number of para-hydroxylation sites is 1. The largest absolute Gasteiger partial charge is 0.455 e. The Morgan fingerprint density at radius 2 is 1.64 bits per heavy atom. The van der Waals surface area contributed by atoms with Crippen molar-refractivity contribution in [3.63, 3.8) is 0 Å². The van der Waals surface area contributed by atoms with E-state index in [1.54, 1.807) is 4.90 Å². The first kappa shape index (κ1) is 22.5. The van der Waals surface area contributed by atoms with Gasteiger partial charge in [0.1, 0.15) is 0 Å². The molecular formula is C27H28N2O4. The second kappa shape index (κ2) is 9.86. The Morgan fingerprint density at radius 3 is 2.36 bits per heavy atom. The van der Waals surface area contributed by atoms with Gasteiger partial charge in [-0.3, -0.25) is 14.4 Å². The van der Waals surface area contributed by atoms with Crippen molar-refractivity contribution in [3.8, 4) is 0 Å². The molecular weight excluding hydrogens is 416 g/mol. The van der Waals surface area contributed by atoms with Gasteiger partial charge in [0, 0.05) is 29.7 Å². The summed E-state index contributed by atoms with van der Waals surface area (Å²) in [6, 6.07) is 19.4. The molecule has 33 heavy (non-hydrogen) atoms. The van der Waals surface area contributed by atoms with Gasteiger partial charge in [0.15, 0.2) is 6.61 Å². The minimum absolute atomic E-state index is 0.0883. The van der Waals surface area contributed by atoms with Crippen molar-refractivity contribution in [2.24, 2.45) is 5.92 Å². The maximum Gasteiger partial charge on any atom is 0.311 e. The maximum atomic E-state index is 12.8. The average molecular weight is 445 g/mol. The number of fused-ring (bicyclic) bond motifs is 1. The van der Waals surface area contributed by atoms with E-state index in [4.69, 9.17) is 4.74 Å². The van der Waals surface area contributed by atoms with Gasteiger partial charge in [-0.1, -0.05) is 68.4 Å². The van der Waals surface area contributed by atoms with Crippen LogP contribution in [0.2, 0.25) is 0 Å². The highest BCUT2D eigenvalue weighted by Gasteiger charge is 2.37. The molecule has 1 N–H and O–H groups in total. The molecule has 3 aromatic carbocycles. The van der Waals surface area contributed by atoms with Crippen LogP contribution < -0.4 is 10.2 Å². The van der Waals surface area contributed by atoms with E-state index in [1.807, 2.05) is 60.7 Å². The summed E-state index contributed by atoms with van der Waals surface area (Å²) in [7, 11) is 0. The molecule has 1 aliphatic rings. The molecule has 6 nitrogen and oxygen atoms in total. The Kier molecular flexibility index (Phi) is 6.73. The van der Waals surface area contributed by atoms with Crippen molar-refractivity contribution in [2.75, 3.05) is 23.4 Å². The molecule has 2 amide bonds. The zero-order chi connectivity index (χ0) is 23.4. The smallest absolute Gasteiger partial charge is 0.311 e. The van der Waals surface area contributed by atoms with Gasteiger partial charge < -0.3 is 15.0 Å². The van der Waals surface area contributed by atoms with Gasteiger partial charge >= 0.3 is 5.97 Å². The van der Waals surface area contributed by atoms with Crippen molar-refractivity contribution >= 4 is 39.9 Å². The lowest BCUT2D eigenvalue weighted by Gasteiger charge is -2.23. The fraction of sp³-hybridized carbons (Fsp3) is 0.296. The number of ether oxygens (including phenoxy) is 1. The number of rotatable bonds is 7. The fourth-order valence-electron chi connectivity index (χ4n) is 4.42. The van der Waals surface area contributed by atoms with Gasteiger partial charge in [-0.15, -0.1) is 0 Å². The number of anilines is 2. The third-order valence-electron chi connectivity index (χ3n) is 6.10. The summed E-state index contributed by atoms with van der Waals surface area (Å²) in [4.78, 5) is 39.6. The third kappa shape index (κ3) is 4.75. The van der Waals surface area contributed by atoms with Crippen LogP contribution in [0, 0.1) is 5.92 Å². The number of nitrogens with one attached hydrogen (secondary N) is 1. The Labute approximate surface area is 193 Å². The second-order valence-electron chi connectivity index (χ2n) is 8.22. The lowest BCUT2D eigenvalue weighted by atomic mass is 10.0. The highest BCUT2D eigenvalue weighted by atomic mass is 16.5. The van der Waals surface area contributed by atoms with E-state index in [9.17, 15) is 14.4 Å². The molecule has 0 aliphatic carbocycles. The maximum absolute atomic E-state index is 12.8.